The van der Waals surface area contributed by atoms with Crippen molar-refractivity contribution in [1.82, 2.24) is 0 Å². The van der Waals surface area contributed by atoms with Crippen LogP contribution in [0, 0.1) is 0 Å². The van der Waals surface area contributed by atoms with E-state index in [0.717, 1.165) is 0 Å². The Hall–Kier alpha value is 2.29. The van der Waals surface area contributed by atoms with E-state index < -0.39 is 0 Å². The zero-order valence-corrected chi connectivity index (χ0v) is 10.2. The van der Waals surface area contributed by atoms with Crippen LogP contribution in [0.3, 0.4) is 0 Å². The van der Waals surface area contributed by atoms with E-state index in [1.807, 2.05) is 0 Å². The second kappa shape index (κ2) is 18.6. The summed E-state index contributed by atoms with van der Waals surface area (Å²) in [5, 5.41) is 0. The van der Waals surface area contributed by atoms with Crippen molar-refractivity contribution in [2.45, 2.75) is 0 Å². The van der Waals surface area contributed by atoms with E-state index in [4.69, 9.17) is 0 Å². The molecule has 0 aromatic rings. The molecule has 0 fully saturated rings. The predicted molar refractivity (Wildman–Crippen MR) is 0 cm³/mol. The van der Waals surface area contributed by atoms with Crippen LogP contribution in [0.2, 0.25) is 0 Å². The second-order valence-electron chi connectivity index (χ2n) is 0. The van der Waals surface area contributed by atoms with Gasteiger partial charge < -0.3 is 0 Å². The second-order valence-corrected chi connectivity index (χ2v) is 0. The SMILES string of the molecule is [Cu].[Mn].[Zn].[Zn]. The summed E-state index contributed by atoms with van der Waals surface area (Å²) in [5.41, 5.74) is 0. The summed E-state index contributed by atoms with van der Waals surface area (Å²) in [7, 11) is 0. The molecule has 0 aliphatic carbocycles. The molecule has 0 aliphatic rings. The van der Waals surface area contributed by atoms with E-state index in [9.17, 15) is 0 Å². The topological polar surface area (TPSA) is 0 Å². The standard InChI is InChI=1S/Cu.Mn.2Zn. The van der Waals surface area contributed by atoms with Gasteiger partial charge >= 0.3 is 0 Å². The Balaban J connectivity index is 0. The molecular formula is CuMnZn2. The molecule has 0 bridgehead atoms. The third-order valence-electron chi connectivity index (χ3n) is 0. The molecule has 22 valence electrons. The van der Waals surface area contributed by atoms with Gasteiger partial charge in [-0.3, -0.25) is 0 Å². The first kappa shape index (κ1) is 33.6. The molecule has 0 saturated carbocycles. The van der Waals surface area contributed by atoms with Crippen LogP contribution in [0.4, 0.5) is 0 Å². The van der Waals surface area contributed by atoms with Crippen LogP contribution in [0.5, 0.6) is 0 Å². The predicted octanol–water partition coefficient (Wildman–Crippen LogP) is -0.0100. The van der Waals surface area contributed by atoms with Gasteiger partial charge in [0.1, 0.15) is 0 Å². The Morgan fingerprint density at radius 2 is 0.750 bits per heavy atom. The summed E-state index contributed by atoms with van der Waals surface area (Å²) in [6.07, 6.45) is 0. The van der Waals surface area contributed by atoms with Crippen LogP contribution in [0.1, 0.15) is 0 Å². The van der Waals surface area contributed by atoms with Crippen LogP contribution in [-0.4, -0.2) is 0 Å². The molecule has 0 N–H and O–H groups in total. The van der Waals surface area contributed by atoms with Crippen molar-refractivity contribution < 1.29 is 73.1 Å². The molecule has 0 rings (SSSR count). The summed E-state index contributed by atoms with van der Waals surface area (Å²) >= 11 is 0. The fraction of sp³-hybridized carbons (Fsp3) is 0. The molecule has 0 unspecified atom stereocenters. The summed E-state index contributed by atoms with van der Waals surface area (Å²) in [6.45, 7) is 0. The van der Waals surface area contributed by atoms with Crippen molar-refractivity contribution >= 4 is 0 Å². The first-order valence-corrected chi connectivity index (χ1v) is 0. The molecule has 0 spiro atoms. The zero-order valence-electron chi connectivity index (χ0n) is 2.09. The van der Waals surface area contributed by atoms with Gasteiger partial charge in [0.25, 0.3) is 0 Å². The largest absolute Gasteiger partial charge is 0 e. The molecule has 0 aromatic carbocycles. The van der Waals surface area contributed by atoms with Gasteiger partial charge in [0.05, 0.1) is 0 Å². The number of hydrogen-bond donors (Lipinski definition) is 0. The molecular weight excluding hydrogens is 249 g/mol. The third-order valence-corrected chi connectivity index (χ3v) is 0. The van der Waals surface area contributed by atoms with E-state index >= 15 is 0 Å². The summed E-state index contributed by atoms with van der Waals surface area (Å²) in [6, 6.07) is 0. The normalized spacial score (nSPS) is 0. The molecule has 0 aromatic heterocycles. The van der Waals surface area contributed by atoms with Crippen molar-refractivity contribution in [2.75, 3.05) is 0 Å². The molecule has 0 amide bonds. The van der Waals surface area contributed by atoms with Crippen LogP contribution in [0.15, 0.2) is 0 Å². The number of hydrogen-bond acceptors (Lipinski definition) is 0. The minimum Gasteiger partial charge on any atom is 0 e. The van der Waals surface area contributed by atoms with Crippen molar-refractivity contribution in [3.8, 4) is 0 Å². The van der Waals surface area contributed by atoms with Crippen molar-refractivity contribution in [1.29, 1.82) is 0 Å². The van der Waals surface area contributed by atoms with Gasteiger partial charge in [-0.2, -0.15) is 0 Å². The maximum Gasteiger partial charge on any atom is 0 e. The molecule has 4 heteroatoms. The first-order chi connectivity index (χ1) is 0. The Morgan fingerprint density at radius 3 is 0.750 bits per heavy atom. The maximum absolute atomic E-state index is 0. The molecule has 4 heavy (non-hydrogen) atoms. The average Bonchev–Trinajstić information content (AvgIpc) is 0. The monoisotopic (exact) mass is 246 g/mol. The Bertz CT molecular complexity index is 6.00. The van der Waals surface area contributed by atoms with E-state index in [1.165, 1.54) is 0 Å². The van der Waals surface area contributed by atoms with Crippen LogP contribution in [-0.2, 0) is 73.1 Å². The molecule has 2 radical (unpaired) electrons. The average molecular weight is 249 g/mol. The molecule has 0 saturated heterocycles. The van der Waals surface area contributed by atoms with Gasteiger partial charge in [-0.05, 0) is 0 Å². The van der Waals surface area contributed by atoms with Gasteiger partial charge in [-0.1, -0.05) is 0 Å². The molecule has 0 heterocycles. The molecule has 0 nitrogen and oxygen atoms in total. The Morgan fingerprint density at radius 1 is 0.750 bits per heavy atom. The maximum atomic E-state index is 0. The fourth-order valence-electron chi connectivity index (χ4n) is 0. The third kappa shape index (κ3) is 8.86. The molecule has 0 aliphatic heterocycles. The first-order valence-electron chi connectivity index (χ1n) is 0. The zero-order chi connectivity index (χ0) is 0. The van der Waals surface area contributed by atoms with Gasteiger partial charge in [0.15, 0.2) is 0 Å². The van der Waals surface area contributed by atoms with Crippen LogP contribution in [0.25, 0.3) is 0 Å². The number of rotatable bonds is 0. The van der Waals surface area contributed by atoms with E-state index in [1.54, 1.807) is 0 Å². The quantitative estimate of drug-likeness (QED) is 0.530. The Labute approximate surface area is 72.3 Å². The van der Waals surface area contributed by atoms with Gasteiger partial charge in [-0.15, -0.1) is 0 Å². The Kier molecular flexibility index (Phi) is 156. The van der Waals surface area contributed by atoms with Crippen molar-refractivity contribution in [3.63, 3.8) is 0 Å². The van der Waals surface area contributed by atoms with Gasteiger partial charge in [0.2, 0.25) is 0 Å². The van der Waals surface area contributed by atoms with E-state index in [2.05, 4.69) is 0 Å². The van der Waals surface area contributed by atoms with Gasteiger partial charge in [-0.25, -0.2) is 0 Å². The van der Waals surface area contributed by atoms with E-state index in [-0.39, 0.29) is 73.1 Å². The van der Waals surface area contributed by atoms with Gasteiger partial charge in [0, 0.05) is 73.1 Å². The van der Waals surface area contributed by atoms with E-state index in [0.29, 0.717) is 0 Å². The van der Waals surface area contributed by atoms with Crippen LogP contribution < -0.4 is 0 Å². The summed E-state index contributed by atoms with van der Waals surface area (Å²) in [4.78, 5) is 0. The smallest absolute Gasteiger partial charge is 0 e. The van der Waals surface area contributed by atoms with Crippen molar-refractivity contribution in [3.05, 3.63) is 0 Å². The minimum atomic E-state index is 0. The fourth-order valence-corrected chi connectivity index (χ4v) is 0. The minimum absolute atomic E-state index is 0. The van der Waals surface area contributed by atoms with Crippen molar-refractivity contribution in [2.24, 2.45) is 0 Å². The summed E-state index contributed by atoms with van der Waals surface area (Å²) in [5.74, 6) is 0. The van der Waals surface area contributed by atoms with Crippen LogP contribution >= 0.6 is 0 Å². The molecule has 0 atom stereocenters. The summed E-state index contributed by atoms with van der Waals surface area (Å²) < 4.78 is 0.